The van der Waals surface area contributed by atoms with Crippen molar-refractivity contribution < 1.29 is 9.13 Å². The standard InChI is InChI=1S/C18H19FN6O.C5H6N2/c19-18(5-1-2-6-22-18)15-11-14(13-3-4-16(20)21-12-13)23-17(24-15)25-7-9-26-10-8-25;6-5-3-1-2-4-7-5/h1-6,11-12,22H,7-10H2,(H2,20,21);1-4H,(H2,6,7). The van der Waals surface area contributed by atoms with Crippen molar-refractivity contribution in [1.29, 1.82) is 0 Å². The highest BCUT2D eigenvalue weighted by molar-refractivity contribution is 5.62. The Morgan fingerprint density at radius 2 is 1.82 bits per heavy atom. The number of alkyl halides is 1. The normalized spacial score (nSPS) is 19.4. The van der Waals surface area contributed by atoms with Crippen LogP contribution in [0.1, 0.15) is 5.69 Å². The maximum atomic E-state index is 15.4. The van der Waals surface area contributed by atoms with E-state index in [9.17, 15) is 0 Å². The number of nitrogens with zero attached hydrogens (tertiary/aromatic N) is 5. The van der Waals surface area contributed by atoms with Gasteiger partial charge in [-0.2, -0.15) is 0 Å². The summed E-state index contributed by atoms with van der Waals surface area (Å²) < 4.78 is 20.8. The summed E-state index contributed by atoms with van der Waals surface area (Å²) in [6.07, 6.45) is 9.66. The van der Waals surface area contributed by atoms with Crippen LogP contribution in [-0.2, 0) is 10.5 Å². The Balaban J connectivity index is 0.000000318. The molecule has 0 saturated carbocycles. The number of nitrogens with one attached hydrogen (secondary N) is 1. The predicted molar refractivity (Wildman–Crippen MR) is 126 cm³/mol. The van der Waals surface area contributed by atoms with E-state index in [0.29, 0.717) is 49.6 Å². The lowest BCUT2D eigenvalue weighted by Gasteiger charge is -2.29. The van der Waals surface area contributed by atoms with Crippen LogP contribution in [0.4, 0.5) is 22.0 Å². The molecule has 0 spiro atoms. The number of aromatic nitrogens is 4. The Kier molecular flexibility index (Phi) is 6.75. The van der Waals surface area contributed by atoms with Crippen LogP contribution in [0.5, 0.6) is 0 Å². The van der Waals surface area contributed by atoms with Gasteiger partial charge in [-0.15, -0.1) is 0 Å². The zero-order valence-corrected chi connectivity index (χ0v) is 17.9. The molecule has 1 unspecified atom stereocenters. The molecule has 170 valence electrons. The number of hydrogen-bond donors (Lipinski definition) is 3. The minimum Gasteiger partial charge on any atom is -0.384 e. The summed E-state index contributed by atoms with van der Waals surface area (Å²) in [5.41, 5.74) is 12.5. The number of nitrogen functional groups attached to an aromatic ring is 2. The lowest BCUT2D eigenvalue weighted by Crippen LogP contribution is -2.39. The molecule has 3 aromatic rings. The Labute approximate surface area is 191 Å². The highest BCUT2D eigenvalue weighted by Crippen LogP contribution is 2.30. The van der Waals surface area contributed by atoms with Gasteiger partial charge in [0, 0.05) is 31.0 Å². The third-order valence-electron chi connectivity index (χ3n) is 4.98. The summed E-state index contributed by atoms with van der Waals surface area (Å²) >= 11 is 0. The number of nitrogens with two attached hydrogens (primary N) is 2. The molecule has 0 amide bonds. The second-order valence-electron chi connectivity index (χ2n) is 7.34. The monoisotopic (exact) mass is 448 g/mol. The maximum Gasteiger partial charge on any atom is 0.242 e. The van der Waals surface area contributed by atoms with Crippen LogP contribution in [0.25, 0.3) is 11.3 Å². The largest absolute Gasteiger partial charge is 0.384 e. The fraction of sp³-hybridized carbons (Fsp3) is 0.217. The Hall–Kier alpha value is -4.05. The summed E-state index contributed by atoms with van der Waals surface area (Å²) in [7, 11) is 0. The van der Waals surface area contributed by atoms with Gasteiger partial charge in [0.1, 0.15) is 17.3 Å². The number of pyridine rings is 2. The molecule has 1 atom stereocenters. The van der Waals surface area contributed by atoms with Crippen molar-refractivity contribution in [2.24, 2.45) is 0 Å². The minimum absolute atomic E-state index is 0.237. The van der Waals surface area contributed by atoms with E-state index in [-0.39, 0.29) is 5.69 Å². The molecule has 5 heterocycles. The zero-order chi connectivity index (χ0) is 23.1. The summed E-state index contributed by atoms with van der Waals surface area (Å²) in [4.78, 5) is 19.0. The summed E-state index contributed by atoms with van der Waals surface area (Å²) in [5.74, 6) is -0.434. The van der Waals surface area contributed by atoms with E-state index in [0.717, 1.165) is 5.56 Å². The number of ether oxygens (including phenoxy) is 1. The van der Waals surface area contributed by atoms with Crippen LogP contribution in [-0.4, -0.2) is 46.2 Å². The van der Waals surface area contributed by atoms with Gasteiger partial charge in [0.05, 0.1) is 18.9 Å². The number of dihydropyridines is 1. The van der Waals surface area contributed by atoms with Crippen LogP contribution in [0.2, 0.25) is 0 Å². The van der Waals surface area contributed by atoms with Crippen molar-refractivity contribution in [3.8, 4) is 11.3 Å². The number of halogens is 1. The van der Waals surface area contributed by atoms with E-state index in [4.69, 9.17) is 16.2 Å². The topological polar surface area (TPSA) is 128 Å². The average molecular weight is 449 g/mol. The SMILES string of the molecule is Nc1ccc(-c2cc(C3(F)C=CC=CN3)nc(N3CCOCC3)n2)cn1.Nc1ccccn1. The van der Waals surface area contributed by atoms with Gasteiger partial charge in [0.25, 0.3) is 0 Å². The first-order valence-electron chi connectivity index (χ1n) is 10.5. The number of morpholine rings is 1. The van der Waals surface area contributed by atoms with Gasteiger partial charge in [-0.1, -0.05) is 12.1 Å². The molecule has 5 N–H and O–H groups in total. The molecule has 1 saturated heterocycles. The third kappa shape index (κ3) is 5.60. The van der Waals surface area contributed by atoms with E-state index in [1.54, 1.807) is 48.9 Å². The molecule has 0 aliphatic carbocycles. The molecule has 2 aliphatic heterocycles. The van der Waals surface area contributed by atoms with Crippen LogP contribution in [0.3, 0.4) is 0 Å². The van der Waals surface area contributed by atoms with E-state index in [2.05, 4.69) is 25.3 Å². The van der Waals surface area contributed by atoms with Crippen LogP contribution in [0.15, 0.2) is 73.2 Å². The van der Waals surface area contributed by atoms with E-state index < -0.39 is 5.79 Å². The van der Waals surface area contributed by atoms with Gasteiger partial charge in [-0.25, -0.2) is 24.3 Å². The van der Waals surface area contributed by atoms with E-state index in [1.807, 2.05) is 23.1 Å². The van der Waals surface area contributed by atoms with Gasteiger partial charge < -0.3 is 26.4 Å². The molecule has 10 heteroatoms. The van der Waals surface area contributed by atoms with E-state index in [1.165, 1.54) is 6.08 Å². The number of hydrogen-bond acceptors (Lipinski definition) is 9. The van der Waals surface area contributed by atoms with Crippen molar-refractivity contribution in [3.05, 3.63) is 78.9 Å². The Morgan fingerprint density at radius 3 is 2.42 bits per heavy atom. The van der Waals surface area contributed by atoms with Crippen molar-refractivity contribution in [1.82, 2.24) is 25.3 Å². The zero-order valence-electron chi connectivity index (χ0n) is 17.9. The molecular formula is C23H25FN8O. The Morgan fingerprint density at radius 1 is 1.00 bits per heavy atom. The first kappa shape index (κ1) is 22.2. The first-order valence-corrected chi connectivity index (χ1v) is 10.5. The van der Waals surface area contributed by atoms with Crippen LogP contribution >= 0.6 is 0 Å². The van der Waals surface area contributed by atoms with Gasteiger partial charge in [0.15, 0.2) is 0 Å². The van der Waals surface area contributed by atoms with Crippen molar-refractivity contribution in [2.75, 3.05) is 42.7 Å². The fourth-order valence-electron chi connectivity index (χ4n) is 3.23. The predicted octanol–water partition coefficient (Wildman–Crippen LogP) is 2.42. The highest BCUT2D eigenvalue weighted by Gasteiger charge is 2.32. The Bertz CT molecular complexity index is 1120. The van der Waals surface area contributed by atoms with Crippen molar-refractivity contribution in [2.45, 2.75) is 5.79 Å². The molecule has 0 radical (unpaired) electrons. The highest BCUT2D eigenvalue weighted by atomic mass is 19.1. The van der Waals surface area contributed by atoms with Crippen LogP contribution < -0.4 is 21.7 Å². The molecular weight excluding hydrogens is 423 g/mol. The fourth-order valence-corrected chi connectivity index (χ4v) is 3.23. The second kappa shape index (κ2) is 10.0. The second-order valence-corrected chi connectivity index (χ2v) is 7.34. The summed E-state index contributed by atoms with van der Waals surface area (Å²) in [6, 6.07) is 10.6. The van der Waals surface area contributed by atoms with Crippen molar-refractivity contribution >= 4 is 17.6 Å². The first-order chi connectivity index (χ1) is 16.0. The lowest BCUT2D eigenvalue weighted by molar-refractivity contribution is 0.122. The quantitative estimate of drug-likeness (QED) is 0.517. The van der Waals surface area contributed by atoms with Gasteiger partial charge in [-0.3, -0.25) is 0 Å². The number of allylic oxidation sites excluding steroid dienone is 2. The molecule has 2 aliphatic rings. The number of anilines is 3. The van der Waals surface area contributed by atoms with Gasteiger partial charge in [-0.05, 0) is 48.7 Å². The molecule has 5 rings (SSSR count). The van der Waals surface area contributed by atoms with Gasteiger partial charge >= 0.3 is 0 Å². The lowest BCUT2D eigenvalue weighted by atomic mass is 10.1. The van der Waals surface area contributed by atoms with Gasteiger partial charge in [0.2, 0.25) is 11.7 Å². The average Bonchev–Trinajstić information content (AvgIpc) is 2.86. The third-order valence-corrected chi connectivity index (χ3v) is 4.98. The summed E-state index contributed by atoms with van der Waals surface area (Å²) in [6.45, 7) is 2.50. The minimum atomic E-state index is -1.89. The molecule has 1 fully saturated rings. The van der Waals surface area contributed by atoms with Crippen LogP contribution in [0, 0.1) is 0 Å². The summed E-state index contributed by atoms with van der Waals surface area (Å²) in [5, 5.41) is 2.73. The molecule has 3 aromatic heterocycles. The smallest absolute Gasteiger partial charge is 0.242 e. The molecule has 0 aromatic carbocycles. The molecule has 9 nitrogen and oxygen atoms in total. The molecule has 33 heavy (non-hydrogen) atoms. The molecule has 0 bridgehead atoms. The number of rotatable bonds is 3. The van der Waals surface area contributed by atoms with E-state index >= 15 is 4.39 Å². The maximum absolute atomic E-state index is 15.4. The van der Waals surface area contributed by atoms with Crippen molar-refractivity contribution in [3.63, 3.8) is 0 Å².